The lowest BCUT2D eigenvalue weighted by molar-refractivity contribution is 0.483. The Labute approximate surface area is 150 Å². The summed E-state index contributed by atoms with van der Waals surface area (Å²) in [5, 5.41) is 4.41. The highest BCUT2D eigenvalue weighted by molar-refractivity contribution is 6.28. The third-order valence-corrected chi connectivity index (χ3v) is 3.84. The highest BCUT2D eigenvalue weighted by Crippen LogP contribution is 2.27. The van der Waals surface area contributed by atoms with Crippen molar-refractivity contribution in [3.8, 4) is 11.5 Å². The van der Waals surface area contributed by atoms with Gasteiger partial charge < -0.3 is 10.1 Å². The van der Waals surface area contributed by atoms with Crippen LogP contribution in [-0.4, -0.2) is 9.97 Å². The van der Waals surface area contributed by atoms with Crippen molar-refractivity contribution in [1.29, 1.82) is 0 Å². The van der Waals surface area contributed by atoms with E-state index in [-0.39, 0.29) is 5.28 Å². The largest absolute Gasteiger partial charge is 0.457 e. The minimum Gasteiger partial charge on any atom is -0.457 e. The van der Waals surface area contributed by atoms with Crippen molar-refractivity contribution < 1.29 is 4.74 Å². The second-order valence-electron chi connectivity index (χ2n) is 5.42. The summed E-state index contributed by atoms with van der Waals surface area (Å²) >= 11 is 6.02. The maximum atomic E-state index is 6.02. The zero-order chi connectivity index (χ0) is 17.1. The standard InChI is InChI=1S/C20H14ClN3O/c21-20-23-18-9-5-4-8-17(18)19(24-20)22-14-10-12-16(13-11-14)25-15-6-2-1-3-7-15/h1-13H,(H,22,23,24). The van der Waals surface area contributed by atoms with E-state index in [1.807, 2.05) is 78.9 Å². The maximum Gasteiger partial charge on any atom is 0.224 e. The molecule has 0 unspecified atom stereocenters. The van der Waals surface area contributed by atoms with Crippen molar-refractivity contribution in [2.75, 3.05) is 5.32 Å². The molecule has 0 amide bonds. The van der Waals surface area contributed by atoms with Crippen LogP contribution in [0.5, 0.6) is 11.5 Å². The summed E-state index contributed by atoms with van der Waals surface area (Å²) in [6, 6.07) is 25.1. The zero-order valence-electron chi connectivity index (χ0n) is 13.2. The van der Waals surface area contributed by atoms with Crippen LogP contribution in [0.4, 0.5) is 11.5 Å². The Bertz CT molecular complexity index is 1000. The van der Waals surface area contributed by atoms with E-state index in [1.165, 1.54) is 0 Å². The average Bonchev–Trinajstić information content (AvgIpc) is 2.64. The van der Waals surface area contributed by atoms with Crippen molar-refractivity contribution >= 4 is 34.0 Å². The lowest BCUT2D eigenvalue weighted by Gasteiger charge is -2.10. The van der Waals surface area contributed by atoms with Gasteiger partial charge in [0.25, 0.3) is 0 Å². The van der Waals surface area contributed by atoms with Crippen molar-refractivity contribution in [2.24, 2.45) is 0 Å². The lowest BCUT2D eigenvalue weighted by Crippen LogP contribution is -1.97. The molecule has 0 saturated carbocycles. The number of halogens is 1. The molecule has 0 radical (unpaired) electrons. The van der Waals surface area contributed by atoms with Crippen LogP contribution >= 0.6 is 11.6 Å². The molecule has 0 aliphatic heterocycles. The number of fused-ring (bicyclic) bond motifs is 1. The van der Waals surface area contributed by atoms with Crippen LogP contribution in [0.15, 0.2) is 78.9 Å². The molecule has 0 aliphatic rings. The van der Waals surface area contributed by atoms with Crippen LogP contribution in [0.25, 0.3) is 10.9 Å². The Kier molecular flexibility index (Phi) is 4.19. The van der Waals surface area contributed by atoms with Gasteiger partial charge in [0.15, 0.2) is 0 Å². The van der Waals surface area contributed by atoms with Crippen molar-refractivity contribution in [1.82, 2.24) is 9.97 Å². The summed E-state index contributed by atoms with van der Waals surface area (Å²) in [5.74, 6) is 2.24. The SMILES string of the molecule is Clc1nc(Nc2ccc(Oc3ccccc3)cc2)c2ccccc2n1. The van der Waals surface area contributed by atoms with Gasteiger partial charge in [-0.2, -0.15) is 4.98 Å². The number of hydrogen-bond acceptors (Lipinski definition) is 4. The molecule has 4 nitrogen and oxygen atoms in total. The summed E-state index contributed by atoms with van der Waals surface area (Å²) < 4.78 is 5.80. The molecular formula is C20H14ClN3O. The number of nitrogens with one attached hydrogen (secondary N) is 1. The van der Waals surface area contributed by atoms with Crippen LogP contribution in [0.1, 0.15) is 0 Å². The van der Waals surface area contributed by atoms with E-state index in [0.717, 1.165) is 28.1 Å². The zero-order valence-corrected chi connectivity index (χ0v) is 13.9. The molecule has 1 N–H and O–H groups in total. The van der Waals surface area contributed by atoms with Crippen molar-refractivity contribution in [3.63, 3.8) is 0 Å². The first-order valence-corrected chi connectivity index (χ1v) is 8.18. The number of nitrogens with zero attached hydrogens (tertiary/aromatic N) is 2. The fourth-order valence-corrected chi connectivity index (χ4v) is 2.69. The first kappa shape index (κ1) is 15.4. The molecule has 0 spiro atoms. The molecule has 4 aromatic rings. The predicted octanol–water partition coefficient (Wildman–Crippen LogP) is 5.82. The quantitative estimate of drug-likeness (QED) is 0.472. The van der Waals surface area contributed by atoms with Crippen LogP contribution in [-0.2, 0) is 0 Å². The third-order valence-electron chi connectivity index (χ3n) is 3.67. The third kappa shape index (κ3) is 3.54. The number of benzene rings is 3. The molecule has 0 saturated heterocycles. The Morgan fingerprint density at radius 3 is 2.20 bits per heavy atom. The number of ether oxygens (including phenoxy) is 1. The van der Waals surface area contributed by atoms with Gasteiger partial charge in [-0.25, -0.2) is 4.98 Å². The normalized spacial score (nSPS) is 10.6. The Morgan fingerprint density at radius 1 is 0.720 bits per heavy atom. The van der Waals surface area contributed by atoms with E-state index in [9.17, 15) is 0 Å². The Balaban J connectivity index is 1.58. The molecule has 0 bridgehead atoms. The average molecular weight is 348 g/mol. The van der Waals surface area contributed by atoms with E-state index in [2.05, 4.69) is 15.3 Å². The summed E-state index contributed by atoms with van der Waals surface area (Å²) in [4.78, 5) is 8.53. The number of anilines is 2. The van der Waals surface area contributed by atoms with Crippen LogP contribution < -0.4 is 10.1 Å². The Morgan fingerprint density at radius 2 is 1.40 bits per heavy atom. The van der Waals surface area contributed by atoms with E-state index in [0.29, 0.717) is 5.82 Å². The summed E-state index contributed by atoms with van der Waals surface area (Å²) in [6.45, 7) is 0. The molecule has 4 rings (SSSR count). The van der Waals surface area contributed by atoms with Crippen LogP contribution in [0, 0.1) is 0 Å². The van der Waals surface area contributed by atoms with Gasteiger partial charge in [0.1, 0.15) is 17.3 Å². The summed E-state index contributed by atoms with van der Waals surface area (Å²) in [6.07, 6.45) is 0. The molecule has 0 aliphatic carbocycles. The predicted molar refractivity (Wildman–Crippen MR) is 101 cm³/mol. The molecule has 122 valence electrons. The molecule has 25 heavy (non-hydrogen) atoms. The van der Waals surface area contributed by atoms with E-state index >= 15 is 0 Å². The van der Waals surface area contributed by atoms with E-state index in [1.54, 1.807) is 0 Å². The highest BCUT2D eigenvalue weighted by Gasteiger charge is 2.07. The summed E-state index contributed by atoms with van der Waals surface area (Å²) in [5.41, 5.74) is 1.69. The number of aromatic nitrogens is 2. The molecule has 1 heterocycles. The summed E-state index contributed by atoms with van der Waals surface area (Å²) in [7, 11) is 0. The molecule has 0 atom stereocenters. The van der Waals surface area contributed by atoms with Gasteiger partial charge in [-0.05, 0) is 60.1 Å². The second-order valence-corrected chi connectivity index (χ2v) is 5.76. The minimum absolute atomic E-state index is 0.213. The number of rotatable bonds is 4. The molecule has 3 aromatic carbocycles. The smallest absolute Gasteiger partial charge is 0.224 e. The first-order chi connectivity index (χ1) is 12.3. The van der Waals surface area contributed by atoms with Crippen molar-refractivity contribution in [3.05, 3.63) is 84.1 Å². The second kappa shape index (κ2) is 6.79. The molecular weight excluding hydrogens is 334 g/mol. The lowest BCUT2D eigenvalue weighted by atomic mass is 10.2. The van der Waals surface area contributed by atoms with Crippen LogP contribution in [0.2, 0.25) is 5.28 Å². The van der Waals surface area contributed by atoms with Crippen LogP contribution in [0.3, 0.4) is 0 Å². The van der Waals surface area contributed by atoms with Crippen molar-refractivity contribution in [2.45, 2.75) is 0 Å². The van der Waals surface area contributed by atoms with E-state index in [4.69, 9.17) is 16.3 Å². The van der Waals surface area contributed by atoms with Gasteiger partial charge in [-0.3, -0.25) is 0 Å². The molecule has 0 fully saturated rings. The fourth-order valence-electron chi connectivity index (χ4n) is 2.51. The van der Waals surface area contributed by atoms with Gasteiger partial charge in [-0.15, -0.1) is 0 Å². The Hall–Kier alpha value is -3.11. The van der Waals surface area contributed by atoms with Gasteiger partial charge >= 0.3 is 0 Å². The number of hydrogen-bond donors (Lipinski definition) is 1. The van der Waals surface area contributed by atoms with Gasteiger partial charge in [0.05, 0.1) is 5.52 Å². The van der Waals surface area contributed by atoms with Gasteiger partial charge in [0.2, 0.25) is 5.28 Å². The van der Waals surface area contributed by atoms with Gasteiger partial charge in [-0.1, -0.05) is 30.3 Å². The molecule has 5 heteroatoms. The molecule has 1 aromatic heterocycles. The highest BCUT2D eigenvalue weighted by atomic mass is 35.5. The van der Waals surface area contributed by atoms with Gasteiger partial charge in [0, 0.05) is 11.1 Å². The number of para-hydroxylation sites is 2. The topological polar surface area (TPSA) is 47.0 Å². The fraction of sp³-hybridized carbons (Fsp3) is 0. The monoisotopic (exact) mass is 347 g/mol. The van der Waals surface area contributed by atoms with E-state index < -0.39 is 0 Å². The first-order valence-electron chi connectivity index (χ1n) is 7.80. The maximum absolute atomic E-state index is 6.02. The minimum atomic E-state index is 0.213.